The molecule has 1 unspecified atom stereocenters. The molecule has 1 aromatic heterocycles. The molecule has 5 heteroatoms. The van der Waals surface area contributed by atoms with E-state index in [0.29, 0.717) is 5.56 Å². The van der Waals surface area contributed by atoms with Crippen LogP contribution in [0.15, 0.2) is 61.1 Å². The maximum atomic E-state index is 12.7. The number of rotatable bonds is 5. The van der Waals surface area contributed by atoms with E-state index in [1.807, 2.05) is 32.2 Å². The van der Waals surface area contributed by atoms with E-state index in [1.165, 1.54) is 5.56 Å². The number of benzene rings is 2. The van der Waals surface area contributed by atoms with Gasteiger partial charge in [0.15, 0.2) is 0 Å². The van der Waals surface area contributed by atoms with Gasteiger partial charge in [-0.15, -0.1) is 0 Å². The molecule has 1 amide bonds. The van der Waals surface area contributed by atoms with Crippen molar-refractivity contribution < 1.29 is 4.79 Å². The van der Waals surface area contributed by atoms with Gasteiger partial charge in [0, 0.05) is 30.7 Å². The first-order valence-electron chi connectivity index (χ1n) is 8.53. The second-order valence-corrected chi connectivity index (χ2v) is 6.24. The molecular weight excluding hydrogens is 324 g/mol. The number of hydrogen-bond acceptors (Lipinski definition) is 4. The Balaban J connectivity index is 1.88. The number of nitrogens with zero attached hydrogens (tertiary/aromatic N) is 2. The zero-order valence-electron chi connectivity index (χ0n) is 15.2. The summed E-state index contributed by atoms with van der Waals surface area (Å²) >= 11 is 0. The highest BCUT2D eigenvalue weighted by atomic mass is 16.1. The third-order valence-electron chi connectivity index (χ3n) is 4.24. The van der Waals surface area contributed by atoms with Crippen LogP contribution in [0.5, 0.6) is 0 Å². The lowest BCUT2D eigenvalue weighted by Gasteiger charge is -2.15. The van der Waals surface area contributed by atoms with Crippen LogP contribution in [0.4, 0.5) is 5.69 Å². The molecule has 0 saturated heterocycles. The number of anilines is 1. The van der Waals surface area contributed by atoms with Gasteiger partial charge in [-0.2, -0.15) is 0 Å². The van der Waals surface area contributed by atoms with Crippen molar-refractivity contribution in [3.8, 4) is 11.1 Å². The van der Waals surface area contributed by atoms with Crippen LogP contribution in [-0.2, 0) is 0 Å². The van der Waals surface area contributed by atoms with Crippen LogP contribution >= 0.6 is 0 Å². The summed E-state index contributed by atoms with van der Waals surface area (Å²) in [5.41, 5.74) is 5.49. The van der Waals surface area contributed by atoms with Crippen molar-refractivity contribution in [1.82, 2.24) is 15.3 Å². The minimum atomic E-state index is -0.225. The van der Waals surface area contributed by atoms with Crippen molar-refractivity contribution in [3.63, 3.8) is 0 Å². The van der Waals surface area contributed by atoms with E-state index in [4.69, 9.17) is 0 Å². The maximum absolute atomic E-state index is 12.7. The maximum Gasteiger partial charge on any atom is 0.251 e. The first-order valence-corrected chi connectivity index (χ1v) is 8.53. The van der Waals surface area contributed by atoms with Gasteiger partial charge in [0.2, 0.25) is 0 Å². The van der Waals surface area contributed by atoms with Crippen molar-refractivity contribution in [1.29, 1.82) is 0 Å². The molecule has 0 bridgehead atoms. The zero-order chi connectivity index (χ0) is 18.5. The van der Waals surface area contributed by atoms with Gasteiger partial charge in [0.1, 0.15) is 0 Å². The van der Waals surface area contributed by atoms with E-state index >= 15 is 0 Å². The van der Waals surface area contributed by atoms with Crippen LogP contribution in [0.1, 0.15) is 34.6 Å². The van der Waals surface area contributed by atoms with Crippen molar-refractivity contribution >= 4 is 11.6 Å². The average Bonchev–Trinajstić information content (AvgIpc) is 2.68. The van der Waals surface area contributed by atoms with Gasteiger partial charge in [-0.25, -0.2) is 0 Å². The van der Waals surface area contributed by atoms with Crippen LogP contribution in [0, 0.1) is 6.92 Å². The fourth-order valence-electron chi connectivity index (χ4n) is 2.70. The highest BCUT2D eigenvalue weighted by molar-refractivity contribution is 5.97. The van der Waals surface area contributed by atoms with Gasteiger partial charge >= 0.3 is 0 Å². The molecule has 0 aliphatic carbocycles. The summed E-state index contributed by atoms with van der Waals surface area (Å²) in [4.78, 5) is 21.0. The van der Waals surface area contributed by atoms with E-state index in [2.05, 4.69) is 51.8 Å². The number of nitrogens with one attached hydrogen (secondary N) is 2. The molecule has 0 aliphatic heterocycles. The van der Waals surface area contributed by atoms with Crippen LogP contribution in [0.2, 0.25) is 0 Å². The first kappa shape index (κ1) is 17.6. The highest BCUT2D eigenvalue weighted by Crippen LogP contribution is 2.25. The lowest BCUT2D eigenvalue weighted by Crippen LogP contribution is -2.27. The first-order chi connectivity index (χ1) is 12.6. The number of carbonyl (C=O) groups is 1. The summed E-state index contributed by atoms with van der Waals surface area (Å²) < 4.78 is 0. The van der Waals surface area contributed by atoms with E-state index in [0.717, 1.165) is 22.5 Å². The van der Waals surface area contributed by atoms with Gasteiger partial charge in [-0.05, 0) is 43.2 Å². The average molecular weight is 346 g/mol. The Morgan fingerprint density at radius 2 is 1.81 bits per heavy atom. The second-order valence-electron chi connectivity index (χ2n) is 6.24. The van der Waals surface area contributed by atoms with Crippen molar-refractivity contribution in [2.45, 2.75) is 19.9 Å². The molecule has 0 saturated carbocycles. The standard InChI is InChI=1S/C21H22N4O/c1-14-4-6-16(7-5-14)17-10-18(12-19(11-17)22-3)21(26)25-15(2)20-13-23-8-9-24-20/h4-13,15,22H,1-3H3,(H,25,26). The molecule has 3 rings (SSSR count). The van der Waals surface area contributed by atoms with E-state index < -0.39 is 0 Å². The Kier molecular flexibility index (Phi) is 5.27. The van der Waals surface area contributed by atoms with Gasteiger partial charge in [0.05, 0.1) is 17.9 Å². The smallest absolute Gasteiger partial charge is 0.251 e. The van der Waals surface area contributed by atoms with Crippen LogP contribution < -0.4 is 10.6 Å². The Morgan fingerprint density at radius 1 is 1.04 bits per heavy atom. The third-order valence-corrected chi connectivity index (χ3v) is 4.24. The van der Waals surface area contributed by atoms with Crippen molar-refractivity contribution in [2.24, 2.45) is 0 Å². The van der Waals surface area contributed by atoms with Gasteiger partial charge < -0.3 is 10.6 Å². The van der Waals surface area contributed by atoms with E-state index in [9.17, 15) is 4.79 Å². The summed E-state index contributed by atoms with van der Waals surface area (Å²) in [6.45, 7) is 3.95. The topological polar surface area (TPSA) is 66.9 Å². The number of hydrogen-bond donors (Lipinski definition) is 2. The Labute approximate surface area is 153 Å². The minimum absolute atomic E-state index is 0.145. The molecule has 0 fully saturated rings. The molecular formula is C21H22N4O. The molecule has 0 aliphatic rings. The molecule has 0 spiro atoms. The highest BCUT2D eigenvalue weighted by Gasteiger charge is 2.14. The lowest BCUT2D eigenvalue weighted by atomic mass is 10.0. The normalized spacial score (nSPS) is 11.7. The monoisotopic (exact) mass is 346 g/mol. The Morgan fingerprint density at radius 3 is 2.46 bits per heavy atom. The third kappa shape index (κ3) is 4.06. The van der Waals surface area contributed by atoms with Crippen molar-refractivity contribution in [3.05, 3.63) is 77.9 Å². The van der Waals surface area contributed by atoms with E-state index in [1.54, 1.807) is 18.6 Å². The zero-order valence-corrected chi connectivity index (χ0v) is 15.2. The van der Waals surface area contributed by atoms with Gasteiger partial charge in [-0.3, -0.25) is 14.8 Å². The lowest BCUT2D eigenvalue weighted by molar-refractivity contribution is 0.0939. The molecule has 2 N–H and O–H groups in total. The Bertz CT molecular complexity index is 892. The van der Waals surface area contributed by atoms with Crippen LogP contribution in [0.3, 0.4) is 0 Å². The largest absolute Gasteiger partial charge is 0.388 e. The van der Waals surface area contributed by atoms with Gasteiger partial charge in [0.25, 0.3) is 5.91 Å². The fourth-order valence-corrected chi connectivity index (χ4v) is 2.70. The number of aryl methyl sites for hydroxylation is 1. The molecule has 2 aromatic carbocycles. The predicted octanol–water partition coefficient (Wildman–Crippen LogP) is 3.98. The fraction of sp³-hybridized carbons (Fsp3) is 0.190. The number of carbonyl (C=O) groups excluding carboxylic acids is 1. The summed E-state index contributed by atoms with van der Waals surface area (Å²) in [5, 5.41) is 6.11. The number of aromatic nitrogens is 2. The SMILES string of the molecule is CNc1cc(C(=O)NC(C)c2cnccn2)cc(-c2ccc(C)cc2)c1. The number of amides is 1. The van der Waals surface area contributed by atoms with Crippen LogP contribution in [0.25, 0.3) is 11.1 Å². The molecule has 5 nitrogen and oxygen atoms in total. The summed E-state index contributed by atoms with van der Waals surface area (Å²) in [7, 11) is 1.85. The molecule has 0 radical (unpaired) electrons. The molecule has 1 atom stereocenters. The summed E-state index contributed by atoms with van der Waals surface area (Å²) in [6, 6.07) is 13.8. The quantitative estimate of drug-likeness (QED) is 0.733. The molecule has 132 valence electrons. The minimum Gasteiger partial charge on any atom is -0.388 e. The second kappa shape index (κ2) is 7.78. The summed E-state index contributed by atoms with van der Waals surface area (Å²) in [5.74, 6) is -0.145. The van der Waals surface area contributed by atoms with Gasteiger partial charge in [-0.1, -0.05) is 29.8 Å². The molecule has 26 heavy (non-hydrogen) atoms. The molecule has 1 heterocycles. The molecule has 3 aromatic rings. The van der Waals surface area contributed by atoms with Crippen LogP contribution in [-0.4, -0.2) is 22.9 Å². The predicted molar refractivity (Wildman–Crippen MR) is 104 cm³/mol. The van der Waals surface area contributed by atoms with E-state index in [-0.39, 0.29) is 11.9 Å². The summed E-state index contributed by atoms with van der Waals surface area (Å²) in [6.07, 6.45) is 4.89. The Hall–Kier alpha value is -3.21. The van der Waals surface area contributed by atoms with Crippen molar-refractivity contribution in [2.75, 3.05) is 12.4 Å².